The third kappa shape index (κ3) is 3.30. The van der Waals surface area contributed by atoms with Crippen LogP contribution in [0.25, 0.3) is 86.9 Å². The summed E-state index contributed by atoms with van der Waals surface area (Å²) >= 11 is 0. The van der Waals surface area contributed by atoms with Crippen LogP contribution in [-0.4, -0.2) is 0 Å². The monoisotopic (exact) mass is 530 g/mol. The van der Waals surface area contributed by atoms with E-state index in [9.17, 15) is 0 Å². The zero-order chi connectivity index (χ0) is 27.6. The summed E-state index contributed by atoms with van der Waals surface area (Å²) in [5.74, 6) is 0. The lowest BCUT2D eigenvalue weighted by atomic mass is 9.82. The minimum atomic E-state index is 1.27. The van der Waals surface area contributed by atoms with E-state index >= 15 is 0 Å². The Morgan fingerprint density at radius 3 is 1.36 bits per heavy atom. The van der Waals surface area contributed by atoms with Crippen LogP contribution in [0.15, 0.2) is 158 Å². The molecule has 0 amide bonds. The second kappa shape index (κ2) is 9.03. The minimum Gasteiger partial charge on any atom is -0.0616 e. The van der Waals surface area contributed by atoms with Crippen LogP contribution in [0.1, 0.15) is 0 Å². The molecule has 0 aromatic heterocycles. The molecule has 0 nitrogen and oxygen atoms in total. The summed E-state index contributed by atoms with van der Waals surface area (Å²) in [6, 6.07) is 58.1. The van der Waals surface area contributed by atoms with E-state index in [0.29, 0.717) is 0 Å². The molecule has 9 aromatic rings. The summed E-state index contributed by atoms with van der Waals surface area (Å²) in [4.78, 5) is 0. The highest BCUT2D eigenvalue weighted by atomic mass is 14.2. The predicted octanol–water partition coefficient (Wildman–Crippen LogP) is 11.9. The van der Waals surface area contributed by atoms with E-state index in [1.165, 1.54) is 86.9 Å². The smallest absolute Gasteiger partial charge is 0.00199 e. The molecule has 9 rings (SSSR count). The molecule has 0 aliphatic carbocycles. The molecule has 0 spiro atoms. The van der Waals surface area contributed by atoms with E-state index in [1.807, 2.05) is 0 Å². The molecule has 0 heterocycles. The van der Waals surface area contributed by atoms with Gasteiger partial charge in [-0.1, -0.05) is 152 Å². The van der Waals surface area contributed by atoms with Gasteiger partial charge in [-0.25, -0.2) is 0 Å². The van der Waals surface area contributed by atoms with Gasteiger partial charge >= 0.3 is 0 Å². The molecule has 0 heteroatoms. The molecule has 194 valence electrons. The standard InChI is InChI=1S/C42H26/c1-4-16-31-27(12-1)24-25-28-14-11-23-38(40(28)31)41-34-19-7-9-21-36(34)42(37-22-10-8-20-35(37)41)39-26-29-13-2-3-15-30(29)32-17-5-6-18-33(32)39/h1-26H. The van der Waals surface area contributed by atoms with Crippen LogP contribution in [0.2, 0.25) is 0 Å². The summed E-state index contributed by atoms with van der Waals surface area (Å²) in [5, 5.41) is 15.4. The second-order valence-corrected chi connectivity index (χ2v) is 11.2. The number of hydrogen-bond donors (Lipinski definition) is 0. The number of fused-ring (bicyclic) bond motifs is 8. The molecule has 0 saturated carbocycles. The van der Waals surface area contributed by atoms with Crippen LogP contribution in [0.4, 0.5) is 0 Å². The van der Waals surface area contributed by atoms with Crippen molar-refractivity contribution in [1.82, 2.24) is 0 Å². The summed E-state index contributed by atoms with van der Waals surface area (Å²) in [6.45, 7) is 0. The van der Waals surface area contributed by atoms with Gasteiger partial charge in [0, 0.05) is 0 Å². The first kappa shape index (κ1) is 23.3. The molecule has 0 N–H and O–H groups in total. The average Bonchev–Trinajstić information content (AvgIpc) is 3.06. The van der Waals surface area contributed by atoms with Crippen LogP contribution in [0, 0.1) is 0 Å². The molecule has 0 bridgehead atoms. The first-order valence-electron chi connectivity index (χ1n) is 14.6. The third-order valence-corrected chi connectivity index (χ3v) is 9.01. The van der Waals surface area contributed by atoms with E-state index in [1.54, 1.807) is 0 Å². The van der Waals surface area contributed by atoms with Crippen molar-refractivity contribution in [1.29, 1.82) is 0 Å². The van der Waals surface area contributed by atoms with Crippen molar-refractivity contribution in [3.8, 4) is 22.3 Å². The third-order valence-electron chi connectivity index (χ3n) is 9.01. The highest BCUT2D eigenvalue weighted by molar-refractivity contribution is 6.28. The van der Waals surface area contributed by atoms with Crippen molar-refractivity contribution in [3.05, 3.63) is 158 Å². The summed E-state index contributed by atoms with van der Waals surface area (Å²) in [7, 11) is 0. The lowest BCUT2D eigenvalue weighted by Gasteiger charge is -2.20. The molecule has 0 fully saturated rings. The van der Waals surface area contributed by atoms with Crippen LogP contribution in [-0.2, 0) is 0 Å². The second-order valence-electron chi connectivity index (χ2n) is 11.2. The normalized spacial score (nSPS) is 11.8. The van der Waals surface area contributed by atoms with E-state index in [0.717, 1.165) is 0 Å². The van der Waals surface area contributed by atoms with E-state index < -0.39 is 0 Å². The minimum absolute atomic E-state index is 1.27. The van der Waals surface area contributed by atoms with Crippen molar-refractivity contribution < 1.29 is 0 Å². The van der Waals surface area contributed by atoms with E-state index in [4.69, 9.17) is 0 Å². The van der Waals surface area contributed by atoms with E-state index in [-0.39, 0.29) is 0 Å². The SMILES string of the molecule is c1ccc2c(c1)cc(-c1c3ccccc3c(-c3cccc4ccc5ccccc5c34)c3ccccc13)c1ccccc12. The van der Waals surface area contributed by atoms with Gasteiger partial charge in [0.1, 0.15) is 0 Å². The van der Waals surface area contributed by atoms with Gasteiger partial charge in [0.25, 0.3) is 0 Å². The molecule has 0 aliphatic rings. The predicted molar refractivity (Wildman–Crippen MR) is 182 cm³/mol. The molecule has 0 unspecified atom stereocenters. The molecule has 42 heavy (non-hydrogen) atoms. The van der Waals surface area contributed by atoms with Gasteiger partial charge in [0.05, 0.1) is 0 Å². The summed E-state index contributed by atoms with van der Waals surface area (Å²) in [5.41, 5.74) is 5.17. The lowest BCUT2D eigenvalue weighted by molar-refractivity contribution is 1.70. The summed E-state index contributed by atoms with van der Waals surface area (Å²) in [6.07, 6.45) is 0. The fraction of sp³-hybridized carbons (Fsp3) is 0. The van der Waals surface area contributed by atoms with Gasteiger partial charge in [-0.05, 0) is 93.0 Å². The Morgan fingerprint density at radius 2 is 0.690 bits per heavy atom. The van der Waals surface area contributed by atoms with Gasteiger partial charge in [-0.3, -0.25) is 0 Å². The van der Waals surface area contributed by atoms with Crippen LogP contribution in [0.5, 0.6) is 0 Å². The van der Waals surface area contributed by atoms with Crippen LogP contribution in [0.3, 0.4) is 0 Å². The lowest BCUT2D eigenvalue weighted by Crippen LogP contribution is -1.93. The largest absolute Gasteiger partial charge is 0.0616 e. The highest BCUT2D eigenvalue weighted by Crippen LogP contribution is 2.48. The Morgan fingerprint density at radius 1 is 0.238 bits per heavy atom. The molecular weight excluding hydrogens is 504 g/mol. The molecular formula is C42H26. The van der Waals surface area contributed by atoms with Crippen molar-refractivity contribution in [3.63, 3.8) is 0 Å². The Hall–Kier alpha value is -5.46. The van der Waals surface area contributed by atoms with Gasteiger partial charge < -0.3 is 0 Å². The van der Waals surface area contributed by atoms with Gasteiger partial charge in [0.2, 0.25) is 0 Å². The molecule has 0 saturated heterocycles. The fourth-order valence-corrected chi connectivity index (χ4v) is 7.24. The zero-order valence-electron chi connectivity index (χ0n) is 23.0. The average molecular weight is 531 g/mol. The number of benzene rings is 9. The molecule has 0 atom stereocenters. The Balaban J connectivity index is 1.49. The van der Waals surface area contributed by atoms with Crippen molar-refractivity contribution >= 4 is 64.6 Å². The Labute approximate surface area is 244 Å². The quantitative estimate of drug-likeness (QED) is 0.154. The van der Waals surface area contributed by atoms with Gasteiger partial charge in [0.15, 0.2) is 0 Å². The maximum absolute atomic E-state index is 2.40. The highest BCUT2D eigenvalue weighted by Gasteiger charge is 2.20. The zero-order valence-corrected chi connectivity index (χ0v) is 23.0. The van der Waals surface area contributed by atoms with E-state index in [2.05, 4.69) is 158 Å². The van der Waals surface area contributed by atoms with Crippen LogP contribution >= 0.6 is 0 Å². The molecule has 9 aromatic carbocycles. The van der Waals surface area contributed by atoms with Gasteiger partial charge in [-0.2, -0.15) is 0 Å². The van der Waals surface area contributed by atoms with Crippen molar-refractivity contribution in [2.45, 2.75) is 0 Å². The first-order chi connectivity index (χ1) is 20.9. The number of hydrogen-bond acceptors (Lipinski definition) is 0. The van der Waals surface area contributed by atoms with Crippen LogP contribution < -0.4 is 0 Å². The Bertz CT molecular complexity index is 2390. The first-order valence-corrected chi connectivity index (χ1v) is 14.6. The summed E-state index contributed by atoms with van der Waals surface area (Å²) < 4.78 is 0. The van der Waals surface area contributed by atoms with Gasteiger partial charge in [-0.15, -0.1) is 0 Å². The van der Waals surface area contributed by atoms with Crippen molar-refractivity contribution in [2.24, 2.45) is 0 Å². The maximum atomic E-state index is 2.40. The number of rotatable bonds is 2. The maximum Gasteiger partial charge on any atom is -0.00199 e. The fourth-order valence-electron chi connectivity index (χ4n) is 7.24. The molecule has 0 radical (unpaired) electrons. The topological polar surface area (TPSA) is 0 Å². The molecule has 0 aliphatic heterocycles. The van der Waals surface area contributed by atoms with Crippen molar-refractivity contribution in [2.75, 3.05) is 0 Å². The Kier molecular flexibility index (Phi) is 5.00.